The van der Waals surface area contributed by atoms with E-state index in [9.17, 15) is 18.0 Å². The Morgan fingerprint density at radius 1 is 1.15 bits per heavy atom. The molecule has 0 unspecified atom stereocenters. The Hall–Kier alpha value is -1.27. The molecule has 4 nitrogen and oxygen atoms in total. The molecule has 0 bridgehead atoms. The Morgan fingerprint density at radius 2 is 1.31 bits per heavy atom. The van der Waals surface area contributed by atoms with E-state index in [4.69, 9.17) is 10.5 Å². The molecule has 0 aromatic rings. The quantitative estimate of drug-likeness (QED) is 0.631. The maximum atomic E-state index is 10.7. The fraction of sp³-hybridized carbons (Fsp3) is 0.667. The molecule has 0 saturated carbocycles. The largest absolute Gasteiger partial charge is 0.470 e. The molecule has 0 radical (unpaired) electrons. The van der Waals surface area contributed by atoms with Gasteiger partial charge in [0.25, 0.3) is 0 Å². The summed E-state index contributed by atoms with van der Waals surface area (Å²) in [5.74, 6) is -2.51. The van der Waals surface area contributed by atoms with Gasteiger partial charge in [-0.25, -0.2) is 0 Å². The molecule has 0 rings (SSSR count). The molecule has 0 atom stereocenters. The zero-order valence-electron chi connectivity index (χ0n) is 7.18. The summed E-state index contributed by atoms with van der Waals surface area (Å²) in [6, 6.07) is 0. The monoisotopic (exact) mass is 200 g/mol. The number of hydrogen-bond acceptors (Lipinski definition) is 2. The molecule has 0 heterocycles. The topological polar surface area (TPSA) is 86.2 Å². The number of primary amides is 2. The molecular weight excluding hydrogens is 189 g/mol. The van der Waals surface area contributed by atoms with Gasteiger partial charge in [0.1, 0.15) is 0 Å². The number of carbonyl (C=O) groups is 2. The third-order valence-corrected chi connectivity index (χ3v) is 0.848. The Bertz CT molecular complexity index is 189. The van der Waals surface area contributed by atoms with Gasteiger partial charge in [-0.05, 0) is 0 Å². The number of amides is 2. The third-order valence-electron chi connectivity index (χ3n) is 0.848. The van der Waals surface area contributed by atoms with Crippen LogP contribution < -0.4 is 11.5 Å². The van der Waals surface area contributed by atoms with Gasteiger partial charge in [0.2, 0.25) is 5.91 Å². The fourth-order valence-electron chi connectivity index (χ4n) is 0. The maximum Gasteiger partial charge on any atom is 0.470 e. The molecule has 4 N–H and O–H groups in total. The van der Waals surface area contributed by atoms with Crippen molar-refractivity contribution in [2.45, 2.75) is 20.0 Å². The summed E-state index contributed by atoms with van der Waals surface area (Å²) in [6.45, 7) is 3.53. The maximum absolute atomic E-state index is 10.7. The summed E-state index contributed by atoms with van der Waals surface area (Å²) >= 11 is 0. The average Bonchev–Trinajstić information content (AvgIpc) is 1.86. The van der Waals surface area contributed by atoms with Gasteiger partial charge in [-0.1, -0.05) is 13.8 Å². The van der Waals surface area contributed by atoms with E-state index in [2.05, 4.69) is 5.73 Å². The first-order valence-electron chi connectivity index (χ1n) is 3.25. The highest BCUT2D eigenvalue weighted by Crippen LogP contribution is 2.11. The average molecular weight is 200 g/mol. The van der Waals surface area contributed by atoms with E-state index in [0.29, 0.717) is 0 Å². The van der Waals surface area contributed by atoms with E-state index in [1.165, 1.54) is 0 Å². The first kappa shape index (κ1) is 14.3. The van der Waals surface area contributed by atoms with Crippen LogP contribution in [0.1, 0.15) is 13.8 Å². The number of hydrogen-bond donors (Lipinski definition) is 2. The minimum absolute atomic E-state index is 0.00926. The van der Waals surface area contributed by atoms with Gasteiger partial charge in [0.05, 0.1) is 0 Å². The molecule has 0 aliphatic heterocycles. The van der Waals surface area contributed by atoms with Crippen molar-refractivity contribution in [3.63, 3.8) is 0 Å². The normalized spacial score (nSPS) is 10.3. The zero-order chi connectivity index (χ0) is 11.2. The molecule has 0 fully saturated rings. The first-order chi connectivity index (χ1) is 5.59. The molecule has 13 heavy (non-hydrogen) atoms. The van der Waals surface area contributed by atoms with Gasteiger partial charge in [-0.2, -0.15) is 13.2 Å². The van der Waals surface area contributed by atoms with E-state index in [1.54, 1.807) is 13.8 Å². The van der Waals surface area contributed by atoms with Gasteiger partial charge >= 0.3 is 12.1 Å². The summed E-state index contributed by atoms with van der Waals surface area (Å²) in [5, 5.41) is 0. The highest BCUT2D eigenvalue weighted by atomic mass is 19.4. The second-order valence-corrected chi connectivity index (χ2v) is 2.42. The minimum atomic E-state index is -4.86. The van der Waals surface area contributed by atoms with Crippen molar-refractivity contribution in [3.8, 4) is 0 Å². The molecule has 0 aliphatic carbocycles. The second-order valence-electron chi connectivity index (χ2n) is 2.42. The van der Waals surface area contributed by atoms with Crippen LogP contribution in [0, 0.1) is 5.92 Å². The van der Waals surface area contributed by atoms with Crippen molar-refractivity contribution in [1.29, 1.82) is 0 Å². The van der Waals surface area contributed by atoms with Crippen LogP contribution in [0.5, 0.6) is 0 Å². The van der Waals surface area contributed by atoms with Crippen LogP contribution in [0.2, 0.25) is 0 Å². The Balaban J connectivity index is 0. The highest BCUT2D eigenvalue weighted by molar-refractivity contribution is 5.79. The van der Waals surface area contributed by atoms with Gasteiger partial charge in [-0.15, -0.1) is 0 Å². The van der Waals surface area contributed by atoms with E-state index in [0.717, 1.165) is 0 Å². The van der Waals surface area contributed by atoms with Crippen molar-refractivity contribution in [2.75, 3.05) is 0 Å². The van der Waals surface area contributed by atoms with E-state index in [1.807, 2.05) is 0 Å². The van der Waals surface area contributed by atoms with Crippen molar-refractivity contribution < 1.29 is 22.8 Å². The lowest BCUT2D eigenvalue weighted by Gasteiger charge is -1.95. The SMILES string of the molecule is CC(C)C(N)=O.NC(=O)C(F)(F)F. The van der Waals surface area contributed by atoms with Crippen LogP contribution in [0.25, 0.3) is 0 Å². The van der Waals surface area contributed by atoms with Gasteiger partial charge in [0.15, 0.2) is 0 Å². The number of carbonyl (C=O) groups excluding carboxylic acids is 2. The Morgan fingerprint density at radius 3 is 1.31 bits per heavy atom. The Kier molecular flexibility index (Phi) is 5.91. The van der Waals surface area contributed by atoms with Crippen molar-refractivity contribution >= 4 is 11.8 Å². The summed E-state index contributed by atoms with van der Waals surface area (Å²) in [5.41, 5.74) is 8.60. The second kappa shape index (κ2) is 5.39. The lowest BCUT2D eigenvalue weighted by molar-refractivity contribution is -0.169. The summed E-state index contributed by atoms with van der Waals surface area (Å²) in [7, 11) is 0. The zero-order valence-corrected chi connectivity index (χ0v) is 7.18. The van der Waals surface area contributed by atoms with Gasteiger partial charge in [0, 0.05) is 5.92 Å². The molecule has 0 spiro atoms. The van der Waals surface area contributed by atoms with E-state index >= 15 is 0 Å². The minimum Gasteiger partial charge on any atom is -0.369 e. The lowest BCUT2D eigenvalue weighted by Crippen LogP contribution is -2.30. The van der Waals surface area contributed by atoms with Crippen LogP contribution in [0.4, 0.5) is 13.2 Å². The number of alkyl halides is 3. The molecule has 0 aliphatic rings. The summed E-state index contributed by atoms with van der Waals surface area (Å²) in [4.78, 5) is 19.0. The fourth-order valence-corrected chi connectivity index (χ4v) is 0. The predicted molar refractivity (Wildman–Crippen MR) is 39.3 cm³/mol. The molecule has 2 amide bonds. The van der Waals surface area contributed by atoms with Crippen molar-refractivity contribution in [1.82, 2.24) is 0 Å². The molecule has 0 aromatic heterocycles. The Labute approximate surface area is 73.1 Å². The smallest absolute Gasteiger partial charge is 0.369 e. The van der Waals surface area contributed by atoms with Crippen LogP contribution in [-0.4, -0.2) is 18.0 Å². The molecule has 7 heteroatoms. The molecule has 78 valence electrons. The van der Waals surface area contributed by atoms with Gasteiger partial charge in [-0.3, -0.25) is 9.59 Å². The van der Waals surface area contributed by atoms with Crippen molar-refractivity contribution in [2.24, 2.45) is 17.4 Å². The van der Waals surface area contributed by atoms with Gasteiger partial charge < -0.3 is 11.5 Å². The molecule has 0 aromatic carbocycles. The molecule has 0 saturated heterocycles. The van der Waals surface area contributed by atoms with E-state index in [-0.39, 0.29) is 11.8 Å². The number of nitrogens with two attached hydrogens (primary N) is 2. The third kappa shape index (κ3) is 10.7. The van der Waals surface area contributed by atoms with Crippen LogP contribution in [-0.2, 0) is 9.59 Å². The number of halogens is 3. The van der Waals surface area contributed by atoms with E-state index < -0.39 is 12.1 Å². The van der Waals surface area contributed by atoms with Crippen LogP contribution in [0.3, 0.4) is 0 Å². The predicted octanol–water partition coefficient (Wildman–Crippen LogP) is 0.162. The van der Waals surface area contributed by atoms with Crippen LogP contribution >= 0.6 is 0 Å². The standard InChI is InChI=1S/C4H9NO.C2H2F3NO/c1-3(2)4(5)6;3-2(4,5)1(6)7/h3H,1-2H3,(H2,5,6);(H2,6,7). The van der Waals surface area contributed by atoms with Crippen LogP contribution in [0.15, 0.2) is 0 Å². The highest BCUT2D eigenvalue weighted by Gasteiger charge is 2.35. The summed E-state index contributed by atoms with van der Waals surface area (Å²) < 4.78 is 32.1. The lowest BCUT2D eigenvalue weighted by atomic mass is 10.2. The first-order valence-corrected chi connectivity index (χ1v) is 3.25. The number of rotatable bonds is 1. The molecular formula is C6H11F3N2O2. The van der Waals surface area contributed by atoms with Crippen molar-refractivity contribution in [3.05, 3.63) is 0 Å². The summed E-state index contributed by atoms with van der Waals surface area (Å²) in [6.07, 6.45) is -4.86.